The first kappa shape index (κ1) is 15.5. The standard InChI is InChI=1S/C15H23NO3/c1-4-13(16)10-12-9-11(2)5-6-14(12)19-8-7-15(17)18-3/h5-6,9,13H,4,7-8,10,16H2,1-3H3. The Morgan fingerprint density at radius 1 is 1.42 bits per heavy atom. The van der Waals surface area contributed by atoms with Crippen molar-refractivity contribution in [3.63, 3.8) is 0 Å². The van der Waals surface area contributed by atoms with E-state index >= 15 is 0 Å². The number of esters is 1. The zero-order chi connectivity index (χ0) is 14.3. The minimum absolute atomic E-state index is 0.129. The molecule has 0 saturated heterocycles. The van der Waals surface area contributed by atoms with Crippen molar-refractivity contribution in [3.8, 4) is 5.75 Å². The van der Waals surface area contributed by atoms with Gasteiger partial charge in [0.15, 0.2) is 0 Å². The van der Waals surface area contributed by atoms with E-state index in [4.69, 9.17) is 10.5 Å². The number of benzene rings is 1. The van der Waals surface area contributed by atoms with E-state index in [0.717, 1.165) is 24.2 Å². The van der Waals surface area contributed by atoms with E-state index in [0.29, 0.717) is 6.61 Å². The van der Waals surface area contributed by atoms with Gasteiger partial charge in [0.05, 0.1) is 20.1 Å². The fourth-order valence-electron chi connectivity index (χ4n) is 1.78. The molecule has 1 aromatic rings. The van der Waals surface area contributed by atoms with Gasteiger partial charge in [0, 0.05) is 6.04 Å². The summed E-state index contributed by atoms with van der Waals surface area (Å²) in [7, 11) is 1.37. The van der Waals surface area contributed by atoms with Crippen LogP contribution in [0.3, 0.4) is 0 Å². The maximum atomic E-state index is 11.0. The minimum Gasteiger partial charge on any atom is -0.493 e. The van der Waals surface area contributed by atoms with E-state index in [9.17, 15) is 4.79 Å². The van der Waals surface area contributed by atoms with Crippen LogP contribution < -0.4 is 10.5 Å². The third kappa shape index (κ3) is 5.30. The average molecular weight is 265 g/mol. The molecule has 0 spiro atoms. The Balaban J connectivity index is 2.67. The molecule has 0 saturated carbocycles. The number of nitrogens with two attached hydrogens (primary N) is 1. The van der Waals surface area contributed by atoms with Crippen LogP contribution in [0.2, 0.25) is 0 Å². The monoisotopic (exact) mass is 265 g/mol. The smallest absolute Gasteiger partial charge is 0.308 e. The highest BCUT2D eigenvalue weighted by Crippen LogP contribution is 2.22. The van der Waals surface area contributed by atoms with Crippen LogP contribution in [0.1, 0.15) is 30.9 Å². The summed E-state index contributed by atoms with van der Waals surface area (Å²) in [5, 5.41) is 0. The van der Waals surface area contributed by atoms with E-state index in [1.807, 2.05) is 19.1 Å². The van der Waals surface area contributed by atoms with E-state index in [1.54, 1.807) is 0 Å². The lowest BCUT2D eigenvalue weighted by molar-refractivity contribution is -0.141. The Morgan fingerprint density at radius 3 is 2.79 bits per heavy atom. The molecule has 0 aliphatic carbocycles. The first-order chi connectivity index (χ1) is 9.06. The van der Waals surface area contributed by atoms with E-state index in [-0.39, 0.29) is 18.4 Å². The van der Waals surface area contributed by atoms with Crippen molar-refractivity contribution in [2.75, 3.05) is 13.7 Å². The number of aryl methyl sites for hydroxylation is 1. The molecular weight excluding hydrogens is 242 g/mol. The van der Waals surface area contributed by atoms with Crippen LogP contribution >= 0.6 is 0 Å². The maximum absolute atomic E-state index is 11.0. The van der Waals surface area contributed by atoms with Crippen molar-refractivity contribution in [1.29, 1.82) is 0 Å². The van der Waals surface area contributed by atoms with Gasteiger partial charge >= 0.3 is 5.97 Å². The lowest BCUT2D eigenvalue weighted by atomic mass is 10.0. The summed E-state index contributed by atoms with van der Waals surface area (Å²) in [6.45, 7) is 4.43. The van der Waals surface area contributed by atoms with Crippen LogP contribution in [-0.2, 0) is 16.0 Å². The van der Waals surface area contributed by atoms with Crippen LogP contribution in [0.25, 0.3) is 0 Å². The Bertz CT molecular complexity index is 418. The van der Waals surface area contributed by atoms with E-state index < -0.39 is 0 Å². The summed E-state index contributed by atoms with van der Waals surface area (Å²) in [5.74, 6) is 0.539. The highest BCUT2D eigenvalue weighted by molar-refractivity contribution is 5.69. The van der Waals surface area contributed by atoms with Gasteiger partial charge in [0.25, 0.3) is 0 Å². The molecule has 0 fully saturated rings. The molecule has 4 heteroatoms. The predicted octanol–water partition coefficient (Wildman–Crippen LogP) is 2.22. The normalized spacial score (nSPS) is 12.0. The van der Waals surface area contributed by atoms with Gasteiger partial charge in [0.1, 0.15) is 5.75 Å². The summed E-state index contributed by atoms with van der Waals surface area (Å²) in [4.78, 5) is 11.0. The molecule has 0 bridgehead atoms. The largest absolute Gasteiger partial charge is 0.493 e. The van der Waals surface area contributed by atoms with Gasteiger partial charge in [0.2, 0.25) is 0 Å². The minimum atomic E-state index is -0.265. The molecule has 1 atom stereocenters. The van der Waals surface area contributed by atoms with Gasteiger partial charge in [-0.25, -0.2) is 0 Å². The molecule has 1 aromatic carbocycles. The van der Waals surface area contributed by atoms with Crippen LogP contribution in [0.15, 0.2) is 18.2 Å². The van der Waals surface area contributed by atoms with Gasteiger partial charge in [-0.15, -0.1) is 0 Å². The molecule has 2 N–H and O–H groups in total. The zero-order valence-corrected chi connectivity index (χ0v) is 11.9. The Kier molecular flexibility index (Phi) is 6.36. The molecule has 0 amide bonds. The molecule has 0 aliphatic rings. The third-order valence-corrected chi connectivity index (χ3v) is 3.01. The lowest BCUT2D eigenvalue weighted by Gasteiger charge is -2.15. The summed E-state index contributed by atoms with van der Waals surface area (Å²) in [5.41, 5.74) is 8.27. The van der Waals surface area contributed by atoms with Crippen molar-refractivity contribution in [1.82, 2.24) is 0 Å². The van der Waals surface area contributed by atoms with Gasteiger partial charge < -0.3 is 15.2 Å². The second kappa shape index (κ2) is 7.79. The molecule has 0 radical (unpaired) electrons. The van der Waals surface area contributed by atoms with Crippen molar-refractivity contribution in [2.24, 2.45) is 5.73 Å². The Labute approximate surface area is 114 Å². The highest BCUT2D eigenvalue weighted by atomic mass is 16.5. The fourth-order valence-corrected chi connectivity index (χ4v) is 1.78. The first-order valence-electron chi connectivity index (χ1n) is 6.61. The van der Waals surface area contributed by atoms with Crippen LogP contribution in [-0.4, -0.2) is 25.7 Å². The summed E-state index contributed by atoms with van der Waals surface area (Å²) in [6, 6.07) is 6.15. The quantitative estimate of drug-likeness (QED) is 0.768. The van der Waals surface area contributed by atoms with Gasteiger partial charge in [-0.1, -0.05) is 24.6 Å². The first-order valence-corrected chi connectivity index (χ1v) is 6.61. The molecule has 0 aliphatic heterocycles. The van der Waals surface area contributed by atoms with Crippen molar-refractivity contribution < 1.29 is 14.3 Å². The second-order valence-electron chi connectivity index (χ2n) is 4.66. The van der Waals surface area contributed by atoms with Gasteiger partial charge in [-0.3, -0.25) is 4.79 Å². The van der Waals surface area contributed by atoms with Crippen molar-refractivity contribution in [3.05, 3.63) is 29.3 Å². The van der Waals surface area contributed by atoms with Crippen LogP contribution in [0.5, 0.6) is 5.75 Å². The molecular formula is C15H23NO3. The maximum Gasteiger partial charge on any atom is 0.308 e. The SMILES string of the molecule is CCC(N)Cc1cc(C)ccc1OCCC(=O)OC. The summed E-state index contributed by atoms with van der Waals surface area (Å²) >= 11 is 0. The van der Waals surface area contributed by atoms with Gasteiger partial charge in [-0.05, 0) is 31.4 Å². The molecule has 1 unspecified atom stereocenters. The molecule has 1 rings (SSSR count). The Hall–Kier alpha value is -1.55. The number of methoxy groups -OCH3 is 1. The van der Waals surface area contributed by atoms with E-state index in [1.165, 1.54) is 12.7 Å². The topological polar surface area (TPSA) is 61.5 Å². The predicted molar refractivity (Wildman–Crippen MR) is 75.3 cm³/mol. The molecule has 4 nitrogen and oxygen atoms in total. The molecule has 0 aromatic heterocycles. The van der Waals surface area contributed by atoms with Crippen molar-refractivity contribution in [2.45, 2.75) is 39.2 Å². The van der Waals surface area contributed by atoms with Crippen molar-refractivity contribution >= 4 is 5.97 Å². The zero-order valence-electron chi connectivity index (χ0n) is 11.9. The average Bonchev–Trinajstić information content (AvgIpc) is 2.40. The van der Waals surface area contributed by atoms with Crippen LogP contribution in [0, 0.1) is 6.92 Å². The van der Waals surface area contributed by atoms with Crippen LogP contribution in [0.4, 0.5) is 0 Å². The number of carbonyl (C=O) groups is 1. The van der Waals surface area contributed by atoms with E-state index in [2.05, 4.69) is 17.7 Å². The number of hydrogen-bond donors (Lipinski definition) is 1. The summed E-state index contributed by atoms with van der Waals surface area (Å²) in [6.07, 6.45) is 1.96. The lowest BCUT2D eigenvalue weighted by Crippen LogP contribution is -2.22. The highest BCUT2D eigenvalue weighted by Gasteiger charge is 2.09. The number of carbonyl (C=O) groups excluding carboxylic acids is 1. The Morgan fingerprint density at radius 2 is 2.16 bits per heavy atom. The number of ether oxygens (including phenoxy) is 2. The molecule has 106 valence electrons. The number of rotatable bonds is 7. The summed E-state index contributed by atoms with van der Waals surface area (Å²) < 4.78 is 10.2. The third-order valence-electron chi connectivity index (χ3n) is 3.01. The van der Waals surface area contributed by atoms with Gasteiger partial charge in [-0.2, -0.15) is 0 Å². The second-order valence-corrected chi connectivity index (χ2v) is 4.66. The molecule has 0 heterocycles. The fraction of sp³-hybridized carbons (Fsp3) is 0.533. The molecule has 19 heavy (non-hydrogen) atoms. The number of hydrogen-bond acceptors (Lipinski definition) is 4.